The SMILES string of the molecule is CC(=O)c1cccc(Nc2nc(-c3ccco3)nc3c(C)n(C)nc23)c1. The minimum absolute atomic E-state index is 0.00596. The zero-order chi connectivity index (χ0) is 18.3. The molecule has 130 valence electrons. The zero-order valence-electron chi connectivity index (χ0n) is 14.6. The van der Waals surface area contributed by atoms with E-state index in [0.29, 0.717) is 28.5 Å². The summed E-state index contributed by atoms with van der Waals surface area (Å²) in [7, 11) is 1.86. The Morgan fingerprint density at radius 2 is 2.00 bits per heavy atom. The Morgan fingerprint density at radius 1 is 1.15 bits per heavy atom. The van der Waals surface area contributed by atoms with Gasteiger partial charge in [0.2, 0.25) is 0 Å². The number of benzene rings is 1. The van der Waals surface area contributed by atoms with E-state index in [0.717, 1.165) is 16.9 Å². The average molecular weight is 347 g/mol. The predicted molar refractivity (Wildman–Crippen MR) is 98.5 cm³/mol. The lowest BCUT2D eigenvalue weighted by Gasteiger charge is -2.08. The molecule has 0 amide bonds. The third kappa shape index (κ3) is 2.73. The summed E-state index contributed by atoms with van der Waals surface area (Å²) in [5, 5.41) is 7.78. The number of hydrogen-bond donors (Lipinski definition) is 1. The van der Waals surface area contributed by atoms with Crippen LogP contribution >= 0.6 is 0 Å². The smallest absolute Gasteiger partial charge is 0.198 e. The molecule has 3 aromatic heterocycles. The van der Waals surface area contributed by atoms with Crippen LogP contribution in [0.4, 0.5) is 11.5 Å². The molecule has 0 saturated carbocycles. The molecule has 0 aliphatic rings. The molecule has 3 heterocycles. The van der Waals surface area contributed by atoms with Crippen LogP contribution in [-0.2, 0) is 7.05 Å². The van der Waals surface area contributed by atoms with E-state index in [9.17, 15) is 4.79 Å². The van der Waals surface area contributed by atoms with E-state index in [2.05, 4.69) is 20.4 Å². The predicted octanol–water partition coefficient (Wildman–Crippen LogP) is 3.88. The van der Waals surface area contributed by atoms with Crippen molar-refractivity contribution in [3.63, 3.8) is 0 Å². The van der Waals surface area contributed by atoms with E-state index in [1.807, 2.05) is 32.2 Å². The summed E-state index contributed by atoms with van der Waals surface area (Å²) >= 11 is 0. The van der Waals surface area contributed by atoms with Crippen molar-refractivity contribution >= 4 is 28.3 Å². The number of anilines is 2. The van der Waals surface area contributed by atoms with Crippen molar-refractivity contribution in [3.8, 4) is 11.6 Å². The van der Waals surface area contributed by atoms with Gasteiger partial charge in [0.15, 0.2) is 28.7 Å². The lowest BCUT2D eigenvalue weighted by molar-refractivity contribution is 0.101. The van der Waals surface area contributed by atoms with Gasteiger partial charge < -0.3 is 9.73 Å². The van der Waals surface area contributed by atoms with Gasteiger partial charge in [-0.2, -0.15) is 5.10 Å². The highest BCUT2D eigenvalue weighted by Gasteiger charge is 2.17. The molecule has 0 saturated heterocycles. The van der Waals surface area contributed by atoms with Gasteiger partial charge in [-0.15, -0.1) is 0 Å². The van der Waals surface area contributed by atoms with Crippen LogP contribution in [0.15, 0.2) is 47.1 Å². The molecule has 1 N–H and O–H groups in total. The Balaban J connectivity index is 1.87. The Kier molecular flexibility index (Phi) is 3.76. The van der Waals surface area contributed by atoms with Gasteiger partial charge in [-0.25, -0.2) is 9.97 Å². The van der Waals surface area contributed by atoms with Gasteiger partial charge in [-0.1, -0.05) is 12.1 Å². The first-order valence-corrected chi connectivity index (χ1v) is 8.16. The van der Waals surface area contributed by atoms with Crippen LogP contribution in [0.5, 0.6) is 0 Å². The van der Waals surface area contributed by atoms with Crippen LogP contribution < -0.4 is 5.32 Å². The number of nitrogens with one attached hydrogen (secondary N) is 1. The Bertz CT molecular complexity index is 1110. The Labute approximate surface area is 149 Å². The monoisotopic (exact) mass is 347 g/mol. The maximum atomic E-state index is 11.6. The number of nitrogens with zero attached hydrogens (tertiary/aromatic N) is 4. The molecule has 26 heavy (non-hydrogen) atoms. The minimum Gasteiger partial charge on any atom is -0.461 e. The first-order valence-electron chi connectivity index (χ1n) is 8.16. The van der Waals surface area contributed by atoms with Crippen molar-refractivity contribution in [1.29, 1.82) is 0 Å². The number of carbonyl (C=O) groups excluding carboxylic acids is 1. The lowest BCUT2D eigenvalue weighted by Crippen LogP contribution is -2.00. The van der Waals surface area contributed by atoms with Crippen molar-refractivity contribution in [2.45, 2.75) is 13.8 Å². The third-order valence-electron chi connectivity index (χ3n) is 4.24. The number of rotatable bonds is 4. The molecule has 7 nitrogen and oxygen atoms in total. The highest BCUT2D eigenvalue weighted by molar-refractivity contribution is 5.96. The van der Waals surface area contributed by atoms with E-state index in [-0.39, 0.29) is 5.78 Å². The number of Topliss-reactive ketones (excluding diaryl/α,β-unsaturated/α-hetero) is 1. The fourth-order valence-corrected chi connectivity index (χ4v) is 2.74. The van der Waals surface area contributed by atoms with E-state index in [1.54, 1.807) is 36.1 Å². The fraction of sp³-hybridized carbons (Fsp3) is 0.158. The molecule has 0 bridgehead atoms. The minimum atomic E-state index is 0.00596. The zero-order valence-corrected chi connectivity index (χ0v) is 14.6. The summed E-state index contributed by atoms with van der Waals surface area (Å²) in [6, 6.07) is 10.9. The number of hydrogen-bond acceptors (Lipinski definition) is 6. The summed E-state index contributed by atoms with van der Waals surface area (Å²) in [5.74, 6) is 1.62. The van der Waals surface area contributed by atoms with Gasteiger partial charge in [-0.05, 0) is 38.1 Å². The first-order chi connectivity index (χ1) is 12.5. The first kappa shape index (κ1) is 16.0. The van der Waals surface area contributed by atoms with Crippen molar-refractivity contribution in [1.82, 2.24) is 19.7 Å². The fourth-order valence-electron chi connectivity index (χ4n) is 2.74. The van der Waals surface area contributed by atoms with E-state index < -0.39 is 0 Å². The van der Waals surface area contributed by atoms with Crippen molar-refractivity contribution in [2.75, 3.05) is 5.32 Å². The average Bonchev–Trinajstić information content (AvgIpc) is 3.25. The molecule has 0 aliphatic carbocycles. The summed E-state index contributed by atoms with van der Waals surface area (Å²) in [6.45, 7) is 3.49. The van der Waals surface area contributed by atoms with Crippen LogP contribution in [0.3, 0.4) is 0 Å². The van der Waals surface area contributed by atoms with Crippen LogP contribution in [0, 0.1) is 6.92 Å². The van der Waals surface area contributed by atoms with E-state index in [4.69, 9.17) is 4.42 Å². The standard InChI is InChI=1S/C19H17N5O2/c1-11-16-17(23-24(11)3)19(22-18(21-16)15-8-5-9-26-15)20-14-7-4-6-13(10-14)12(2)25/h4-10H,1-3H3,(H,20,21,22). The number of aromatic nitrogens is 4. The molecule has 0 radical (unpaired) electrons. The number of furan rings is 1. The second-order valence-corrected chi connectivity index (χ2v) is 6.04. The van der Waals surface area contributed by atoms with Gasteiger partial charge in [0.1, 0.15) is 5.52 Å². The second-order valence-electron chi connectivity index (χ2n) is 6.04. The van der Waals surface area contributed by atoms with Crippen LogP contribution in [-0.4, -0.2) is 25.5 Å². The molecule has 0 aliphatic heterocycles. The lowest BCUT2D eigenvalue weighted by atomic mass is 10.1. The van der Waals surface area contributed by atoms with Gasteiger partial charge >= 0.3 is 0 Å². The molecule has 1 aromatic carbocycles. The summed E-state index contributed by atoms with van der Waals surface area (Å²) in [6.07, 6.45) is 1.59. The second kappa shape index (κ2) is 6.11. The number of carbonyl (C=O) groups is 1. The number of ketones is 1. The molecule has 0 fully saturated rings. The molecular formula is C19H17N5O2. The van der Waals surface area contributed by atoms with E-state index in [1.165, 1.54) is 0 Å². The molecular weight excluding hydrogens is 330 g/mol. The van der Waals surface area contributed by atoms with Crippen molar-refractivity contribution < 1.29 is 9.21 Å². The quantitative estimate of drug-likeness (QED) is 0.564. The summed E-state index contributed by atoms with van der Waals surface area (Å²) in [4.78, 5) is 20.8. The van der Waals surface area contributed by atoms with E-state index >= 15 is 0 Å². The van der Waals surface area contributed by atoms with Gasteiger partial charge in [0, 0.05) is 18.3 Å². The highest BCUT2D eigenvalue weighted by atomic mass is 16.3. The number of fused-ring (bicyclic) bond motifs is 1. The molecule has 7 heteroatoms. The molecule has 0 atom stereocenters. The Hall–Kier alpha value is -3.48. The maximum absolute atomic E-state index is 11.6. The third-order valence-corrected chi connectivity index (χ3v) is 4.24. The molecule has 0 spiro atoms. The maximum Gasteiger partial charge on any atom is 0.198 e. The van der Waals surface area contributed by atoms with Crippen LogP contribution in [0.2, 0.25) is 0 Å². The highest BCUT2D eigenvalue weighted by Crippen LogP contribution is 2.28. The van der Waals surface area contributed by atoms with Crippen molar-refractivity contribution in [2.24, 2.45) is 7.05 Å². The summed E-state index contributed by atoms with van der Waals surface area (Å²) in [5.41, 5.74) is 3.72. The normalized spacial score (nSPS) is 11.0. The van der Waals surface area contributed by atoms with Gasteiger partial charge in [0.05, 0.1) is 12.0 Å². The van der Waals surface area contributed by atoms with Crippen molar-refractivity contribution in [3.05, 3.63) is 53.9 Å². The van der Waals surface area contributed by atoms with Gasteiger partial charge in [0.25, 0.3) is 0 Å². The summed E-state index contributed by atoms with van der Waals surface area (Å²) < 4.78 is 7.21. The number of aryl methyl sites for hydroxylation is 2. The van der Waals surface area contributed by atoms with Gasteiger partial charge in [-0.3, -0.25) is 9.48 Å². The van der Waals surface area contributed by atoms with Crippen LogP contribution in [0.25, 0.3) is 22.6 Å². The topological polar surface area (TPSA) is 85.8 Å². The van der Waals surface area contributed by atoms with Crippen LogP contribution in [0.1, 0.15) is 23.0 Å². The molecule has 0 unspecified atom stereocenters. The molecule has 4 aromatic rings. The Morgan fingerprint density at radius 3 is 2.73 bits per heavy atom. The largest absolute Gasteiger partial charge is 0.461 e. The molecule has 4 rings (SSSR count).